The van der Waals surface area contributed by atoms with Gasteiger partial charge in [-0.05, 0) is 37.8 Å². The van der Waals surface area contributed by atoms with Crippen molar-refractivity contribution in [3.63, 3.8) is 0 Å². The molecule has 0 spiro atoms. The number of hydrogen-bond donors (Lipinski definition) is 2. The molecule has 1 fully saturated rings. The number of urea groups is 1. The predicted octanol–water partition coefficient (Wildman–Crippen LogP) is 2.41. The molecule has 2 N–H and O–H groups in total. The summed E-state index contributed by atoms with van der Waals surface area (Å²) in [7, 11) is 0. The van der Waals surface area contributed by atoms with Crippen molar-refractivity contribution < 1.29 is 19.4 Å². The Balaban J connectivity index is 1.99. The second kappa shape index (κ2) is 6.97. The summed E-state index contributed by atoms with van der Waals surface area (Å²) in [5, 5.41) is 11.6. The number of carboxylic acids is 1. The number of amides is 2. The minimum absolute atomic E-state index is 0.284. The summed E-state index contributed by atoms with van der Waals surface area (Å²) < 4.78 is 5.37. The molecule has 0 aliphatic heterocycles. The molecule has 0 atom stereocenters. The Bertz CT molecular complexity index is 514. The molecule has 2 rings (SSSR count). The number of rotatable bonds is 7. The van der Waals surface area contributed by atoms with Gasteiger partial charge in [-0.25, -0.2) is 4.79 Å². The summed E-state index contributed by atoms with van der Waals surface area (Å²) in [6.45, 7) is 2.64. The molecule has 2 amide bonds. The van der Waals surface area contributed by atoms with Gasteiger partial charge < -0.3 is 20.1 Å². The highest BCUT2D eigenvalue weighted by Gasteiger charge is 2.28. The van der Waals surface area contributed by atoms with Gasteiger partial charge in [0.15, 0.2) is 0 Å². The Morgan fingerprint density at radius 3 is 2.81 bits per heavy atom. The number of nitrogens with zero attached hydrogens (tertiary/aromatic N) is 1. The van der Waals surface area contributed by atoms with Crippen molar-refractivity contribution in [1.29, 1.82) is 0 Å². The molecule has 1 aromatic carbocycles. The van der Waals surface area contributed by atoms with Crippen LogP contribution >= 0.6 is 0 Å². The van der Waals surface area contributed by atoms with E-state index in [2.05, 4.69) is 5.32 Å². The zero-order valence-electron chi connectivity index (χ0n) is 12.0. The number of nitrogens with one attached hydrogen (secondary N) is 1. The van der Waals surface area contributed by atoms with Gasteiger partial charge in [0.2, 0.25) is 0 Å². The van der Waals surface area contributed by atoms with E-state index in [1.165, 1.54) is 4.90 Å². The molecule has 0 unspecified atom stereocenters. The van der Waals surface area contributed by atoms with E-state index < -0.39 is 12.0 Å². The number of anilines is 1. The molecule has 0 heterocycles. The van der Waals surface area contributed by atoms with Gasteiger partial charge in [-0.15, -0.1) is 0 Å². The summed E-state index contributed by atoms with van der Waals surface area (Å²) >= 11 is 0. The van der Waals surface area contributed by atoms with E-state index >= 15 is 0 Å². The normalized spacial score (nSPS) is 13.6. The maximum atomic E-state index is 12.2. The van der Waals surface area contributed by atoms with Crippen LogP contribution < -0.4 is 10.1 Å². The van der Waals surface area contributed by atoms with Crippen LogP contribution in [0, 0.1) is 5.92 Å². The van der Waals surface area contributed by atoms with E-state index in [0.717, 1.165) is 12.8 Å². The first-order valence-corrected chi connectivity index (χ1v) is 7.09. The molecule has 0 aromatic heterocycles. The number of ether oxygens (including phenoxy) is 1. The van der Waals surface area contributed by atoms with Crippen LogP contribution in [-0.4, -0.2) is 41.7 Å². The van der Waals surface area contributed by atoms with E-state index in [9.17, 15) is 9.59 Å². The number of carbonyl (C=O) groups excluding carboxylic acids is 1. The van der Waals surface area contributed by atoms with E-state index in [1.54, 1.807) is 24.3 Å². The van der Waals surface area contributed by atoms with E-state index in [1.807, 2.05) is 6.92 Å². The zero-order chi connectivity index (χ0) is 15.2. The van der Waals surface area contributed by atoms with Gasteiger partial charge in [-0.3, -0.25) is 4.79 Å². The third-order valence-corrected chi connectivity index (χ3v) is 3.19. The monoisotopic (exact) mass is 292 g/mol. The third-order valence-electron chi connectivity index (χ3n) is 3.19. The second-order valence-electron chi connectivity index (χ2n) is 5.11. The molecule has 1 aliphatic rings. The van der Waals surface area contributed by atoms with Gasteiger partial charge in [-0.2, -0.15) is 0 Å². The fourth-order valence-corrected chi connectivity index (χ4v) is 2.03. The molecule has 21 heavy (non-hydrogen) atoms. The molecule has 6 heteroatoms. The molecular formula is C15H20N2O4. The highest BCUT2D eigenvalue weighted by Crippen LogP contribution is 2.30. The maximum absolute atomic E-state index is 12.2. The minimum Gasteiger partial charge on any atom is -0.494 e. The van der Waals surface area contributed by atoms with Crippen LogP contribution in [0.4, 0.5) is 10.5 Å². The molecule has 0 radical (unpaired) electrons. The van der Waals surface area contributed by atoms with Crippen molar-refractivity contribution in [2.24, 2.45) is 5.92 Å². The average Bonchev–Trinajstić information content (AvgIpc) is 3.22. The van der Waals surface area contributed by atoms with Gasteiger partial charge in [0.25, 0.3) is 0 Å². The lowest BCUT2D eigenvalue weighted by Crippen LogP contribution is -2.40. The summed E-state index contributed by atoms with van der Waals surface area (Å²) in [5.41, 5.74) is 0.595. The van der Waals surface area contributed by atoms with Crippen LogP contribution in [-0.2, 0) is 4.79 Å². The summed E-state index contributed by atoms with van der Waals surface area (Å²) in [5.74, 6) is 0.0982. The van der Waals surface area contributed by atoms with Crippen LogP contribution in [0.15, 0.2) is 24.3 Å². The van der Waals surface area contributed by atoms with Gasteiger partial charge in [0.05, 0.1) is 6.61 Å². The maximum Gasteiger partial charge on any atom is 0.323 e. The van der Waals surface area contributed by atoms with Crippen molar-refractivity contribution in [1.82, 2.24) is 4.90 Å². The van der Waals surface area contributed by atoms with Crippen LogP contribution in [0.25, 0.3) is 0 Å². The lowest BCUT2D eigenvalue weighted by molar-refractivity contribution is -0.137. The van der Waals surface area contributed by atoms with Crippen molar-refractivity contribution in [2.75, 3.05) is 25.0 Å². The summed E-state index contributed by atoms with van der Waals surface area (Å²) in [4.78, 5) is 24.4. The quantitative estimate of drug-likeness (QED) is 0.809. The van der Waals surface area contributed by atoms with Crippen molar-refractivity contribution in [3.05, 3.63) is 24.3 Å². The van der Waals surface area contributed by atoms with Crippen molar-refractivity contribution in [3.8, 4) is 5.75 Å². The van der Waals surface area contributed by atoms with Crippen LogP contribution in [0.5, 0.6) is 5.75 Å². The average molecular weight is 292 g/mol. The summed E-state index contributed by atoms with van der Waals surface area (Å²) in [6, 6.07) is 6.66. The first-order chi connectivity index (χ1) is 10.1. The third kappa shape index (κ3) is 4.98. The Kier molecular flexibility index (Phi) is 5.03. The Morgan fingerprint density at radius 2 is 2.19 bits per heavy atom. The van der Waals surface area contributed by atoms with Crippen molar-refractivity contribution in [2.45, 2.75) is 19.8 Å². The lowest BCUT2D eigenvalue weighted by atomic mass is 10.3. The van der Waals surface area contributed by atoms with E-state index in [-0.39, 0.29) is 6.54 Å². The summed E-state index contributed by atoms with van der Waals surface area (Å²) in [6.07, 6.45) is 2.12. The molecular weight excluding hydrogens is 272 g/mol. The first kappa shape index (κ1) is 15.2. The minimum atomic E-state index is -1.01. The fraction of sp³-hybridized carbons (Fsp3) is 0.467. The van der Waals surface area contributed by atoms with Gasteiger partial charge in [-0.1, -0.05) is 6.07 Å². The molecule has 6 nitrogen and oxygen atoms in total. The Hall–Kier alpha value is -2.24. The number of carboxylic acid groups (broad SMARTS) is 1. The van der Waals surface area contributed by atoms with Gasteiger partial charge in [0, 0.05) is 18.3 Å². The number of hydrogen-bond acceptors (Lipinski definition) is 3. The predicted molar refractivity (Wildman–Crippen MR) is 78.6 cm³/mol. The Morgan fingerprint density at radius 1 is 1.43 bits per heavy atom. The topological polar surface area (TPSA) is 78.9 Å². The van der Waals surface area contributed by atoms with Crippen LogP contribution in [0.2, 0.25) is 0 Å². The Labute approximate surface area is 123 Å². The highest BCUT2D eigenvalue weighted by molar-refractivity contribution is 5.91. The zero-order valence-corrected chi connectivity index (χ0v) is 12.0. The molecule has 0 bridgehead atoms. The molecule has 0 saturated heterocycles. The van der Waals surface area contributed by atoms with Crippen molar-refractivity contribution >= 4 is 17.7 Å². The SMILES string of the molecule is CCOc1cccc(NC(=O)N(CC(=O)O)CC2CC2)c1. The van der Waals surface area contributed by atoms with Crippen LogP contribution in [0.3, 0.4) is 0 Å². The van der Waals surface area contributed by atoms with Gasteiger partial charge in [0.1, 0.15) is 12.3 Å². The molecule has 114 valence electrons. The van der Waals surface area contributed by atoms with E-state index in [0.29, 0.717) is 30.5 Å². The molecule has 1 saturated carbocycles. The number of carbonyl (C=O) groups is 2. The largest absolute Gasteiger partial charge is 0.494 e. The molecule has 1 aromatic rings. The highest BCUT2D eigenvalue weighted by atomic mass is 16.5. The number of aliphatic carboxylic acids is 1. The first-order valence-electron chi connectivity index (χ1n) is 7.09. The smallest absolute Gasteiger partial charge is 0.323 e. The number of benzene rings is 1. The van der Waals surface area contributed by atoms with E-state index in [4.69, 9.17) is 9.84 Å². The fourth-order valence-electron chi connectivity index (χ4n) is 2.03. The van der Waals surface area contributed by atoms with Crippen LogP contribution in [0.1, 0.15) is 19.8 Å². The standard InChI is InChI=1S/C15H20N2O4/c1-2-21-13-5-3-4-12(8-13)16-15(20)17(10-14(18)19)9-11-6-7-11/h3-5,8,11H,2,6-7,9-10H2,1H3,(H,16,20)(H,18,19). The second-order valence-corrected chi connectivity index (χ2v) is 5.11. The van der Waals surface area contributed by atoms with Gasteiger partial charge >= 0.3 is 12.0 Å². The molecule has 1 aliphatic carbocycles. The lowest BCUT2D eigenvalue weighted by Gasteiger charge is -2.21.